The lowest BCUT2D eigenvalue weighted by Gasteiger charge is -2.34. The Labute approximate surface area is 226 Å². The summed E-state index contributed by atoms with van der Waals surface area (Å²) >= 11 is 4.68. The van der Waals surface area contributed by atoms with Gasteiger partial charge in [0.2, 0.25) is 17.8 Å². The van der Waals surface area contributed by atoms with Crippen molar-refractivity contribution in [2.24, 2.45) is 5.92 Å². The van der Waals surface area contributed by atoms with Crippen LogP contribution in [-0.4, -0.2) is 57.0 Å². The van der Waals surface area contributed by atoms with E-state index in [9.17, 15) is 4.79 Å². The lowest BCUT2D eigenvalue weighted by molar-refractivity contribution is -0.117. The van der Waals surface area contributed by atoms with Crippen LogP contribution in [0.3, 0.4) is 0 Å². The third-order valence-electron chi connectivity index (χ3n) is 5.97. The van der Waals surface area contributed by atoms with Crippen molar-refractivity contribution in [1.82, 2.24) is 24.9 Å². The van der Waals surface area contributed by atoms with Gasteiger partial charge in [-0.3, -0.25) is 10.1 Å². The molecule has 0 atom stereocenters. The molecule has 10 nitrogen and oxygen atoms in total. The van der Waals surface area contributed by atoms with Crippen molar-refractivity contribution in [1.29, 1.82) is 0 Å². The van der Waals surface area contributed by atoms with Crippen molar-refractivity contribution in [2.75, 3.05) is 46.6 Å². The fourth-order valence-corrected chi connectivity index (χ4v) is 5.97. The van der Waals surface area contributed by atoms with Gasteiger partial charge >= 0.3 is 0 Å². The van der Waals surface area contributed by atoms with Crippen LogP contribution in [0.15, 0.2) is 52.1 Å². The number of benzene rings is 1. The molecule has 1 saturated carbocycles. The predicted molar refractivity (Wildman–Crippen MR) is 148 cm³/mol. The van der Waals surface area contributed by atoms with Gasteiger partial charge in [0, 0.05) is 65.3 Å². The third-order valence-corrected chi connectivity index (χ3v) is 8.51. The Morgan fingerprint density at radius 1 is 1.03 bits per heavy atom. The van der Waals surface area contributed by atoms with Crippen molar-refractivity contribution in [3.63, 3.8) is 0 Å². The highest BCUT2D eigenvalue weighted by atomic mass is 32.2. The number of aryl methyl sites for hydroxylation is 1. The summed E-state index contributed by atoms with van der Waals surface area (Å²) in [6, 6.07) is 7.78. The van der Waals surface area contributed by atoms with E-state index in [0.29, 0.717) is 17.1 Å². The van der Waals surface area contributed by atoms with Gasteiger partial charge in [-0.1, -0.05) is 0 Å². The molecular formula is C24H25N9OS3. The first-order valence-electron chi connectivity index (χ1n) is 12.0. The number of rotatable bonds is 8. The van der Waals surface area contributed by atoms with Gasteiger partial charge in [0.25, 0.3) is 0 Å². The molecule has 0 radical (unpaired) electrons. The number of carbonyl (C=O) groups is 1. The van der Waals surface area contributed by atoms with Crippen LogP contribution in [0.1, 0.15) is 17.7 Å². The van der Waals surface area contributed by atoms with Crippen LogP contribution in [0.25, 0.3) is 0 Å². The van der Waals surface area contributed by atoms with Gasteiger partial charge in [-0.15, -0.1) is 22.7 Å². The molecule has 190 valence electrons. The fourth-order valence-electron chi connectivity index (χ4n) is 3.87. The molecule has 1 amide bonds. The quantitative estimate of drug-likeness (QED) is 0.321. The molecule has 4 aromatic rings. The molecule has 2 N–H and O–H groups in total. The average molecular weight is 552 g/mol. The third kappa shape index (κ3) is 6.00. The smallest absolute Gasteiger partial charge is 0.234 e. The fraction of sp³-hybridized carbons (Fsp3) is 0.333. The molecule has 0 unspecified atom stereocenters. The zero-order valence-electron chi connectivity index (χ0n) is 20.1. The molecule has 1 aliphatic carbocycles. The summed E-state index contributed by atoms with van der Waals surface area (Å²) in [4.78, 5) is 41.6. The lowest BCUT2D eigenvalue weighted by Crippen LogP contribution is -2.47. The van der Waals surface area contributed by atoms with Gasteiger partial charge < -0.3 is 15.1 Å². The largest absolute Gasteiger partial charge is 0.345 e. The molecule has 3 aromatic heterocycles. The van der Waals surface area contributed by atoms with Gasteiger partial charge in [-0.2, -0.15) is 15.0 Å². The summed E-state index contributed by atoms with van der Waals surface area (Å²) in [6.45, 7) is 5.30. The molecule has 1 aromatic carbocycles. The van der Waals surface area contributed by atoms with Crippen LogP contribution in [0.4, 0.5) is 27.8 Å². The number of piperazine rings is 1. The Bertz CT molecular complexity index is 1360. The van der Waals surface area contributed by atoms with Gasteiger partial charge in [-0.25, -0.2) is 9.97 Å². The Balaban J connectivity index is 1.20. The molecular weight excluding hydrogens is 527 g/mol. The van der Waals surface area contributed by atoms with Gasteiger partial charge in [-0.05, 0) is 55.8 Å². The second-order valence-electron chi connectivity index (χ2n) is 8.82. The van der Waals surface area contributed by atoms with E-state index in [1.165, 1.54) is 11.8 Å². The second kappa shape index (κ2) is 10.6. The number of hydrogen-bond acceptors (Lipinski definition) is 12. The van der Waals surface area contributed by atoms with Crippen molar-refractivity contribution in [3.05, 3.63) is 46.9 Å². The van der Waals surface area contributed by atoms with E-state index in [0.717, 1.165) is 64.7 Å². The molecule has 0 spiro atoms. The maximum absolute atomic E-state index is 12.0. The first-order chi connectivity index (χ1) is 18.1. The van der Waals surface area contributed by atoms with Crippen LogP contribution in [0.5, 0.6) is 0 Å². The van der Waals surface area contributed by atoms with Gasteiger partial charge in [0.05, 0.1) is 0 Å². The lowest BCUT2D eigenvalue weighted by atomic mass is 10.3. The second-order valence-corrected chi connectivity index (χ2v) is 12.0. The van der Waals surface area contributed by atoms with Crippen LogP contribution in [0.2, 0.25) is 0 Å². The van der Waals surface area contributed by atoms with Crippen LogP contribution in [0, 0.1) is 12.8 Å². The maximum atomic E-state index is 12.0. The normalized spacial score (nSPS) is 15.6. The maximum Gasteiger partial charge on any atom is 0.234 e. The average Bonchev–Trinajstić information content (AvgIpc) is 3.47. The monoisotopic (exact) mass is 551 g/mol. The molecule has 4 heterocycles. The van der Waals surface area contributed by atoms with Crippen molar-refractivity contribution < 1.29 is 4.79 Å². The summed E-state index contributed by atoms with van der Waals surface area (Å²) in [7, 11) is 0. The summed E-state index contributed by atoms with van der Waals surface area (Å²) in [6.07, 6.45) is 5.64. The van der Waals surface area contributed by atoms with E-state index in [2.05, 4.69) is 35.4 Å². The highest BCUT2D eigenvalue weighted by Crippen LogP contribution is 2.32. The molecule has 37 heavy (non-hydrogen) atoms. The standard InChI is InChI=1S/C24H25N9OS3/c1-15-14-26-22(36-15)29-20-28-21(32-9-11-33(12-10-32)24-25-8-13-35-24)31-23(30-20)37-18-6-4-17(5-7-18)27-19(34)16-2-3-16/h4-8,13-14,16H,2-3,9-12H2,1H3,(H,27,34)(H,26,28,29,30,31). The minimum absolute atomic E-state index is 0.102. The molecule has 2 aliphatic rings. The van der Waals surface area contributed by atoms with Crippen LogP contribution >= 0.6 is 34.4 Å². The molecule has 13 heteroatoms. The number of aromatic nitrogens is 5. The Hall–Kier alpha value is -3.29. The minimum atomic E-state index is 0.102. The van der Waals surface area contributed by atoms with Crippen molar-refractivity contribution in [2.45, 2.75) is 29.8 Å². The van der Waals surface area contributed by atoms with Gasteiger partial charge in [0.1, 0.15) is 0 Å². The molecule has 6 rings (SSSR count). The summed E-state index contributed by atoms with van der Waals surface area (Å²) in [5.41, 5.74) is 0.803. The number of carbonyl (C=O) groups excluding carboxylic acids is 1. The SMILES string of the molecule is Cc1cnc(Nc2nc(Sc3ccc(NC(=O)C4CC4)cc3)nc(N3CCN(c4nccs4)CC3)n2)s1. The van der Waals surface area contributed by atoms with Gasteiger partial charge in [0.15, 0.2) is 15.4 Å². The van der Waals surface area contributed by atoms with E-state index in [-0.39, 0.29) is 11.8 Å². The van der Waals surface area contributed by atoms with E-state index in [1.807, 2.05) is 49.0 Å². The predicted octanol–water partition coefficient (Wildman–Crippen LogP) is 4.66. The van der Waals surface area contributed by atoms with Crippen LogP contribution < -0.4 is 20.4 Å². The molecule has 2 fully saturated rings. The van der Waals surface area contributed by atoms with Crippen molar-refractivity contribution >= 4 is 68.2 Å². The zero-order chi connectivity index (χ0) is 25.2. The Morgan fingerprint density at radius 2 is 1.81 bits per heavy atom. The van der Waals surface area contributed by atoms with E-state index >= 15 is 0 Å². The molecule has 1 saturated heterocycles. The van der Waals surface area contributed by atoms with E-state index in [1.54, 1.807) is 22.7 Å². The molecule has 0 bridgehead atoms. The van der Waals surface area contributed by atoms with E-state index < -0.39 is 0 Å². The number of anilines is 5. The number of nitrogens with one attached hydrogen (secondary N) is 2. The highest BCUT2D eigenvalue weighted by molar-refractivity contribution is 7.99. The summed E-state index contributed by atoms with van der Waals surface area (Å²) < 4.78 is 0. The topological polar surface area (TPSA) is 112 Å². The zero-order valence-corrected chi connectivity index (χ0v) is 22.6. The Kier molecular flexibility index (Phi) is 6.89. The number of hydrogen-bond donors (Lipinski definition) is 2. The minimum Gasteiger partial charge on any atom is -0.345 e. The van der Waals surface area contributed by atoms with E-state index in [4.69, 9.17) is 9.97 Å². The number of amides is 1. The van der Waals surface area contributed by atoms with Crippen LogP contribution in [-0.2, 0) is 4.79 Å². The number of nitrogens with zero attached hydrogens (tertiary/aromatic N) is 7. The first-order valence-corrected chi connectivity index (χ1v) is 14.5. The highest BCUT2D eigenvalue weighted by Gasteiger charge is 2.29. The summed E-state index contributed by atoms with van der Waals surface area (Å²) in [5.74, 6) is 1.39. The first kappa shape index (κ1) is 24.1. The Morgan fingerprint density at radius 3 is 2.49 bits per heavy atom. The summed E-state index contributed by atoms with van der Waals surface area (Å²) in [5, 5.41) is 10.6. The molecule has 1 aliphatic heterocycles. The number of thiazole rings is 2. The van der Waals surface area contributed by atoms with Crippen molar-refractivity contribution in [3.8, 4) is 0 Å².